The molecule has 14 heavy (non-hydrogen) atoms. The Balaban J connectivity index is 2.98. The molecule has 0 N–H and O–H groups in total. The normalized spacial score (nSPS) is 10.9. The van der Waals surface area contributed by atoms with Crippen molar-refractivity contribution in [2.45, 2.75) is 0 Å². The summed E-state index contributed by atoms with van der Waals surface area (Å²) in [5.41, 5.74) is 0.618. The maximum atomic E-state index is 6.02. The quantitative estimate of drug-likeness (QED) is 0.627. The van der Waals surface area contributed by atoms with Gasteiger partial charge in [-0.15, -0.1) is 0 Å². The molecule has 0 saturated carbocycles. The van der Waals surface area contributed by atoms with E-state index >= 15 is 0 Å². The summed E-state index contributed by atoms with van der Waals surface area (Å²) in [5.74, 6) is 0. The molecule has 0 unspecified atom stereocenters. The second-order valence-corrected chi connectivity index (χ2v) is 4.69. The predicted molar refractivity (Wildman–Crippen MR) is 64.5 cm³/mol. The average molecular weight is 311 g/mol. The minimum absolute atomic E-state index is 0.415. The molecule has 0 amide bonds. The van der Waals surface area contributed by atoms with E-state index in [0.717, 1.165) is 5.39 Å². The Kier molecular flexibility index (Phi) is 2.89. The average Bonchev–Trinajstić information content (AvgIpc) is 2.17. The second-order valence-electron chi connectivity index (χ2n) is 2.68. The second kappa shape index (κ2) is 3.86. The van der Waals surface area contributed by atoms with Gasteiger partial charge in [-0.1, -0.05) is 34.8 Å². The highest BCUT2D eigenvalue weighted by atomic mass is 79.9. The van der Waals surface area contributed by atoms with E-state index in [1.165, 1.54) is 0 Å². The molecule has 5 heteroatoms. The van der Waals surface area contributed by atoms with E-state index < -0.39 is 0 Å². The van der Waals surface area contributed by atoms with Gasteiger partial charge in [-0.25, -0.2) is 0 Å². The fraction of sp³-hybridized carbons (Fsp3) is 0. The SMILES string of the molecule is Clc1c(Br)cc2c(Cl)ccnc2c1Cl. The number of pyridine rings is 1. The van der Waals surface area contributed by atoms with Gasteiger partial charge in [0.2, 0.25) is 0 Å². The lowest BCUT2D eigenvalue weighted by Gasteiger charge is -2.05. The minimum Gasteiger partial charge on any atom is -0.255 e. The van der Waals surface area contributed by atoms with Crippen LogP contribution in [-0.4, -0.2) is 4.98 Å². The standard InChI is InChI=1S/C9H3BrCl3N/c10-5-3-4-6(11)1-2-14-9(4)8(13)7(5)12/h1-3H. The van der Waals surface area contributed by atoms with Crippen LogP contribution in [0.25, 0.3) is 10.9 Å². The van der Waals surface area contributed by atoms with E-state index in [2.05, 4.69) is 20.9 Å². The van der Waals surface area contributed by atoms with Crippen LogP contribution in [0.15, 0.2) is 22.8 Å². The Labute approximate surface area is 104 Å². The highest BCUT2D eigenvalue weighted by Crippen LogP contribution is 2.37. The molecule has 2 aromatic rings. The summed E-state index contributed by atoms with van der Waals surface area (Å²) in [6, 6.07) is 3.51. The number of hydrogen-bond acceptors (Lipinski definition) is 1. The lowest BCUT2D eigenvalue weighted by Crippen LogP contribution is -1.83. The Bertz CT molecular complexity index is 513. The highest BCUT2D eigenvalue weighted by Gasteiger charge is 2.11. The van der Waals surface area contributed by atoms with E-state index in [1.54, 1.807) is 18.3 Å². The zero-order valence-electron chi connectivity index (χ0n) is 6.69. The van der Waals surface area contributed by atoms with Crippen LogP contribution >= 0.6 is 50.7 Å². The first kappa shape index (κ1) is 10.5. The van der Waals surface area contributed by atoms with Crippen molar-refractivity contribution < 1.29 is 0 Å². The molecule has 0 radical (unpaired) electrons. The van der Waals surface area contributed by atoms with Gasteiger partial charge in [-0.05, 0) is 28.1 Å². The van der Waals surface area contributed by atoms with E-state index in [1.807, 2.05) is 0 Å². The molecule has 0 aliphatic heterocycles. The Morgan fingerprint density at radius 3 is 2.57 bits per heavy atom. The van der Waals surface area contributed by atoms with Gasteiger partial charge in [0.15, 0.2) is 0 Å². The largest absolute Gasteiger partial charge is 0.255 e. The number of halogens is 4. The van der Waals surface area contributed by atoms with Gasteiger partial charge in [0.05, 0.1) is 20.6 Å². The summed E-state index contributed by atoms with van der Waals surface area (Å²) in [4.78, 5) is 4.12. The molecule has 0 aliphatic carbocycles. The van der Waals surface area contributed by atoms with Crippen molar-refractivity contribution in [1.29, 1.82) is 0 Å². The third-order valence-electron chi connectivity index (χ3n) is 1.82. The molecular weight excluding hydrogens is 308 g/mol. The molecule has 1 heterocycles. The summed E-state index contributed by atoms with van der Waals surface area (Å²) in [6.07, 6.45) is 1.60. The van der Waals surface area contributed by atoms with Crippen LogP contribution in [0.4, 0.5) is 0 Å². The number of hydrogen-bond donors (Lipinski definition) is 0. The van der Waals surface area contributed by atoms with Crippen LogP contribution in [0.3, 0.4) is 0 Å². The molecule has 0 spiro atoms. The predicted octanol–water partition coefficient (Wildman–Crippen LogP) is 4.96. The summed E-state index contributed by atoms with van der Waals surface area (Å²) in [7, 11) is 0. The van der Waals surface area contributed by atoms with Gasteiger partial charge in [0.25, 0.3) is 0 Å². The molecule has 0 aliphatic rings. The third kappa shape index (κ3) is 1.61. The van der Waals surface area contributed by atoms with Crippen molar-refractivity contribution >= 4 is 61.6 Å². The fourth-order valence-electron chi connectivity index (χ4n) is 1.16. The van der Waals surface area contributed by atoms with Crippen LogP contribution in [0, 0.1) is 0 Å². The number of benzene rings is 1. The van der Waals surface area contributed by atoms with Crippen molar-refractivity contribution in [3.8, 4) is 0 Å². The molecule has 0 saturated heterocycles. The molecule has 1 aromatic carbocycles. The van der Waals surface area contributed by atoms with Gasteiger partial charge in [0, 0.05) is 16.1 Å². The van der Waals surface area contributed by atoms with Crippen molar-refractivity contribution in [3.05, 3.63) is 37.9 Å². The Morgan fingerprint density at radius 1 is 1.14 bits per heavy atom. The zero-order valence-corrected chi connectivity index (χ0v) is 10.5. The molecule has 1 aromatic heterocycles. The van der Waals surface area contributed by atoms with Crippen LogP contribution in [0.5, 0.6) is 0 Å². The molecule has 0 bridgehead atoms. The highest BCUT2D eigenvalue weighted by molar-refractivity contribution is 9.10. The van der Waals surface area contributed by atoms with E-state index in [-0.39, 0.29) is 0 Å². The number of nitrogens with zero attached hydrogens (tertiary/aromatic N) is 1. The van der Waals surface area contributed by atoms with Gasteiger partial charge in [-0.2, -0.15) is 0 Å². The Hall–Kier alpha value is -0.0200. The van der Waals surface area contributed by atoms with Gasteiger partial charge in [-0.3, -0.25) is 4.98 Å². The zero-order chi connectivity index (χ0) is 10.3. The lowest BCUT2D eigenvalue weighted by molar-refractivity contribution is 1.41. The minimum atomic E-state index is 0.415. The van der Waals surface area contributed by atoms with Crippen LogP contribution in [-0.2, 0) is 0 Å². The number of aromatic nitrogens is 1. The van der Waals surface area contributed by atoms with Crippen molar-refractivity contribution in [3.63, 3.8) is 0 Å². The van der Waals surface area contributed by atoms with Crippen LogP contribution in [0.2, 0.25) is 15.1 Å². The van der Waals surface area contributed by atoms with Crippen LogP contribution in [0.1, 0.15) is 0 Å². The van der Waals surface area contributed by atoms with Gasteiger partial charge >= 0.3 is 0 Å². The molecule has 2 rings (SSSR count). The van der Waals surface area contributed by atoms with E-state index in [9.17, 15) is 0 Å². The van der Waals surface area contributed by atoms with E-state index in [0.29, 0.717) is 25.1 Å². The van der Waals surface area contributed by atoms with Crippen LogP contribution < -0.4 is 0 Å². The first-order chi connectivity index (χ1) is 6.61. The monoisotopic (exact) mass is 309 g/mol. The summed E-state index contributed by atoms with van der Waals surface area (Å²) in [6.45, 7) is 0. The molecule has 0 fully saturated rings. The first-order valence-electron chi connectivity index (χ1n) is 3.69. The Morgan fingerprint density at radius 2 is 1.86 bits per heavy atom. The summed E-state index contributed by atoms with van der Waals surface area (Å²) >= 11 is 21.3. The summed E-state index contributed by atoms with van der Waals surface area (Å²) in [5, 5.41) is 2.26. The summed E-state index contributed by atoms with van der Waals surface area (Å²) < 4.78 is 0.714. The topological polar surface area (TPSA) is 12.9 Å². The smallest absolute Gasteiger partial charge is 0.0919 e. The van der Waals surface area contributed by atoms with E-state index in [4.69, 9.17) is 34.8 Å². The van der Waals surface area contributed by atoms with Gasteiger partial charge < -0.3 is 0 Å². The maximum Gasteiger partial charge on any atom is 0.0919 e. The lowest BCUT2D eigenvalue weighted by atomic mass is 10.2. The fourth-order valence-corrected chi connectivity index (χ4v) is 2.30. The molecular formula is C9H3BrCl3N. The number of fused-ring (bicyclic) bond motifs is 1. The van der Waals surface area contributed by atoms with Gasteiger partial charge in [0.1, 0.15) is 0 Å². The van der Waals surface area contributed by atoms with Crippen molar-refractivity contribution in [2.75, 3.05) is 0 Å². The maximum absolute atomic E-state index is 6.02. The molecule has 72 valence electrons. The molecule has 1 nitrogen and oxygen atoms in total. The third-order valence-corrected chi connectivity index (χ3v) is 3.86. The van der Waals surface area contributed by atoms with Crippen molar-refractivity contribution in [2.24, 2.45) is 0 Å². The number of rotatable bonds is 0. The molecule has 0 atom stereocenters. The van der Waals surface area contributed by atoms with Crippen molar-refractivity contribution in [1.82, 2.24) is 4.98 Å². The first-order valence-corrected chi connectivity index (χ1v) is 5.61.